The van der Waals surface area contributed by atoms with E-state index in [-0.39, 0.29) is 5.97 Å². The first-order chi connectivity index (χ1) is 10.2. The van der Waals surface area contributed by atoms with Crippen LogP contribution in [0.1, 0.15) is 57.7 Å². The van der Waals surface area contributed by atoms with E-state index in [4.69, 9.17) is 9.84 Å². The van der Waals surface area contributed by atoms with E-state index in [0.717, 1.165) is 12.2 Å². The van der Waals surface area contributed by atoms with Crippen LogP contribution in [0.5, 0.6) is 0 Å². The number of hydrogen-bond acceptors (Lipinski definition) is 4. The van der Waals surface area contributed by atoms with Gasteiger partial charge in [0.15, 0.2) is 0 Å². The van der Waals surface area contributed by atoms with Crippen LogP contribution >= 0.6 is 0 Å². The van der Waals surface area contributed by atoms with Crippen molar-refractivity contribution < 1.29 is 9.53 Å². The molecule has 118 valence electrons. The molecule has 0 atom stereocenters. The summed E-state index contributed by atoms with van der Waals surface area (Å²) in [4.78, 5) is 13.6. The molecule has 0 radical (unpaired) electrons. The van der Waals surface area contributed by atoms with Gasteiger partial charge >= 0.3 is 5.97 Å². The van der Waals surface area contributed by atoms with Crippen molar-refractivity contribution in [2.75, 3.05) is 19.7 Å². The Kier molecular flexibility index (Phi) is 6.23. The van der Waals surface area contributed by atoms with E-state index in [0.29, 0.717) is 25.7 Å². The minimum absolute atomic E-state index is 0.161. The highest BCUT2D eigenvalue weighted by atomic mass is 16.5. The smallest absolute Gasteiger partial charge is 0.320 e. The average molecular weight is 293 g/mol. The van der Waals surface area contributed by atoms with Gasteiger partial charge in [-0.15, -0.1) is 0 Å². The summed E-state index contributed by atoms with van der Waals surface area (Å²) in [5, 5.41) is 4.70. The molecule has 0 amide bonds. The molecule has 0 aliphatic heterocycles. The molecule has 1 heterocycles. The van der Waals surface area contributed by atoms with Gasteiger partial charge < -0.3 is 4.74 Å². The number of nitrogens with zero attached hydrogens (tertiary/aromatic N) is 3. The van der Waals surface area contributed by atoms with Crippen LogP contribution in [0.25, 0.3) is 0 Å². The first-order valence-electron chi connectivity index (χ1n) is 8.15. The van der Waals surface area contributed by atoms with Crippen molar-refractivity contribution in [1.82, 2.24) is 14.7 Å². The van der Waals surface area contributed by atoms with Crippen molar-refractivity contribution in [1.29, 1.82) is 0 Å². The van der Waals surface area contributed by atoms with Crippen LogP contribution in [0.3, 0.4) is 0 Å². The van der Waals surface area contributed by atoms with Gasteiger partial charge in [-0.3, -0.25) is 14.4 Å². The van der Waals surface area contributed by atoms with Gasteiger partial charge in [-0.25, -0.2) is 0 Å². The Balaban J connectivity index is 1.89. The van der Waals surface area contributed by atoms with Crippen LogP contribution in [0.15, 0.2) is 12.3 Å². The maximum Gasteiger partial charge on any atom is 0.320 e. The summed E-state index contributed by atoms with van der Waals surface area (Å²) in [7, 11) is 0. The van der Waals surface area contributed by atoms with Crippen molar-refractivity contribution in [2.45, 2.75) is 58.5 Å². The molecular weight excluding hydrogens is 266 g/mol. The summed E-state index contributed by atoms with van der Waals surface area (Å²) in [6, 6.07) is 2.63. The number of carbonyl (C=O) groups is 1. The number of aromatic nitrogens is 2. The lowest BCUT2D eigenvalue weighted by atomic mass is 9.96. The number of esters is 1. The molecule has 0 spiro atoms. The number of ether oxygens (including phenoxy) is 1. The Bertz CT molecular complexity index is 438. The monoisotopic (exact) mass is 293 g/mol. The van der Waals surface area contributed by atoms with Gasteiger partial charge in [-0.05, 0) is 32.4 Å². The molecule has 0 unspecified atom stereocenters. The molecule has 0 N–H and O–H groups in total. The minimum Gasteiger partial charge on any atom is -0.465 e. The fourth-order valence-electron chi connectivity index (χ4n) is 2.91. The van der Waals surface area contributed by atoms with Crippen LogP contribution in [0.2, 0.25) is 0 Å². The molecule has 1 aliphatic carbocycles. The lowest BCUT2D eigenvalue weighted by Gasteiger charge is -2.22. The summed E-state index contributed by atoms with van der Waals surface area (Å²) in [6.07, 6.45) is 8.54. The Labute approximate surface area is 127 Å². The number of carbonyl (C=O) groups excluding carboxylic acids is 1. The van der Waals surface area contributed by atoms with E-state index < -0.39 is 0 Å². The van der Waals surface area contributed by atoms with E-state index in [1.54, 1.807) is 0 Å². The van der Waals surface area contributed by atoms with Crippen molar-refractivity contribution in [3.8, 4) is 0 Å². The second kappa shape index (κ2) is 8.17. The van der Waals surface area contributed by atoms with Crippen LogP contribution in [0, 0.1) is 0 Å². The lowest BCUT2D eigenvalue weighted by molar-refractivity contribution is -0.144. The second-order valence-corrected chi connectivity index (χ2v) is 5.69. The summed E-state index contributed by atoms with van der Waals surface area (Å²) in [6.45, 7) is 6.18. The van der Waals surface area contributed by atoms with Gasteiger partial charge in [0.1, 0.15) is 0 Å². The third kappa shape index (κ3) is 4.84. The fraction of sp³-hybridized carbons (Fsp3) is 0.750. The number of rotatable bonds is 7. The number of likely N-dealkylation sites (N-methyl/N-ethyl adjacent to an activating group) is 1. The van der Waals surface area contributed by atoms with Crippen molar-refractivity contribution in [2.24, 2.45) is 0 Å². The highest BCUT2D eigenvalue weighted by molar-refractivity contribution is 5.71. The molecule has 1 aromatic rings. The summed E-state index contributed by atoms with van der Waals surface area (Å²) in [5.74, 6) is -0.161. The van der Waals surface area contributed by atoms with Crippen LogP contribution < -0.4 is 0 Å². The molecular formula is C16H27N3O2. The Morgan fingerprint density at radius 1 is 1.38 bits per heavy atom. The molecule has 0 bridgehead atoms. The maximum absolute atomic E-state index is 11.6. The highest BCUT2D eigenvalue weighted by Gasteiger charge is 2.17. The van der Waals surface area contributed by atoms with Crippen LogP contribution in [-0.4, -0.2) is 40.3 Å². The van der Waals surface area contributed by atoms with E-state index in [2.05, 4.69) is 28.8 Å². The van der Waals surface area contributed by atoms with Crippen LogP contribution in [-0.2, 0) is 16.1 Å². The van der Waals surface area contributed by atoms with E-state index >= 15 is 0 Å². The molecule has 2 rings (SSSR count). The third-order valence-corrected chi connectivity index (χ3v) is 4.10. The average Bonchev–Trinajstić information content (AvgIpc) is 2.96. The third-order valence-electron chi connectivity index (χ3n) is 4.10. The molecule has 0 aromatic carbocycles. The van der Waals surface area contributed by atoms with Gasteiger partial charge in [0.25, 0.3) is 0 Å². The molecule has 0 saturated heterocycles. The predicted molar refractivity (Wildman–Crippen MR) is 81.9 cm³/mol. The van der Waals surface area contributed by atoms with Crippen LogP contribution in [0.4, 0.5) is 0 Å². The summed E-state index contributed by atoms with van der Waals surface area (Å²) < 4.78 is 7.12. The summed E-state index contributed by atoms with van der Waals surface area (Å²) >= 11 is 0. The Hall–Kier alpha value is -1.36. The molecule has 1 aliphatic rings. The molecule has 1 fully saturated rings. The second-order valence-electron chi connectivity index (χ2n) is 5.69. The SMILES string of the molecule is CCOC(=O)CN(CC)Cc1ccn(C2CCCCC2)n1. The number of hydrogen-bond donors (Lipinski definition) is 0. The molecule has 5 nitrogen and oxygen atoms in total. The van der Waals surface area contributed by atoms with E-state index in [1.165, 1.54) is 32.1 Å². The largest absolute Gasteiger partial charge is 0.465 e. The normalized spacial score (nSPS) is 16.3. The standard InChI is InChI=1S/C16H27N3O2/c1-3-18(13-16(20)21-4-2)12-14-10-11-19(17-14)15-8-6-5-7-9-15/h10-11,15H,3-9,12-13H2,1-2H3. The van der Waals surface area contributed by atoms with E-state index in [1.807, 2.05) is 6.92 Å². The Morgan fingerprint density at radius 3 is 2.81 bits per heavy atom. The molecule has 1 saturated carbocycles. The highest BCUT2D eigenvalue weighted by Crippen LogP contribution is 2.27. The zero-order chi connectivity index (χ0) is 15.1. The minimum atomic E-state index is -0.161. The van der Waals surface area contributed by atoms with Gasteiger partial charge in [0.2, 0.25) is 0 Å². The van der Waals surface area contributed by atoms with Gasteiger partial charge in [-0.2, -0.15) is 5.10 Å². The lowest BCUT2D eigenvalue weighted by Crippen LogP contribution is -2.30. The van der Waals surface area contributed by atoms with Gasteiger partial charge in [0.05, 0.1) is 24.9 Å². The fourth-order valence-corrected chi connectivity index (χ4v) is 2.91. The van der Waals surface area contributed by atoms with Crippen molar-refractivity contribution in [3.05, 3.63) is 18.0 Å². The first kappa shape index (κ1) is 16.0. The van der Waals surface area contributed by atoms with Gasteiger partial charge in [-0.1, -0.05) is 26.2 Å². The van der Waals surface area contributed by atoms with Crippen molar-refractivity contribution >= 4 is 5.97 Å². The van der Waals surface area contributed by atoms with Crippen molar-refractivity contribution in [3.63, 3.8) is 0 Å². The molecule has 1 aromatic heterocycles. The summed E-state index contributed by atoms with van der Waals surface area (Å²) in [5.41, 5.74) is 1.03. The van der Waals surface area contributed by atoms with E-state index in [9.17, 15) is 4.79 Å². The predicted octanol–water partition coefficient (Wildman–Crippen LogP) is 2.77. The molecule has 5 heteroatoms. The Morgan fingerprint density at radius 2 is 2.14 bits per heavy atom. The van der Waals surface area contributed by atoms with Gasteiger partial charge in [0, 0.05) is 12.7 Å². The zero-order valence-electron chi connectivity index (χ0n) is 13.3. The zero-order valence-corrected chi connectivity index (χ0v) is 13.3. The molecule has 21 heavy (non-hydrogen) atoms. The quantitative estimate of drug-likeness (QED) is 0.725. The first-order valence-corrected chi connectivity index (χ1v) is 8.15. The maximum atomic E-state index is 11.6. The topological polar surface area (TPSA) is 47.4 Å².